The van der Waals surface area contributed by atoms with Crippen LogP contribution >= 0.6 is 0 Å². The smallest absolute Gasteiger partial charge is 0.318 e. The quantitative estimate of drug-likeness (QED) is 0.658. The van der Waals surface area contributed by atoms with E-state index in [0.717, 1.165) is 28.6 Å². The minimum Gasteiger partial charge on any atom is -0.459 e. The molecule has 25 heavy (non-hydrogen) atoms. The molecule has 0 amide bonds. The van der Waals surface area contributed by atoms with Crippen LogP contribution in [0.5, 0.6) is 6.01 Å². The van der Waals surface area contributed by atoms with Gasteiger partial charge in [0.25, 0.3) is 0 Å². The van der Waals surface area contributed by atoms with E-state index in [1.807, 2.05) is 62.4 Å². The lowest BCUT2D eigenvalue weighted by Gasteiger charge is -2.13. The summed E-state index contributed by atoms with van der Waals surface area (Å²) in [6.07, 6.45) is 1.08. The van der Waals surface area contributed by atoms with E-state index in [9.17, 15) is 4.39 Å². The lowest BCUT2D eigenvalue weighted by atomic mass is 10.1. The zero-order chi connectivity index (χ0) is 17.6. The maximum Gasteiger partial charge on any atom is 0.318 e. The second kappa shape index (κ2) is 7.61. The van der Waals surface area contributed by atoms with Crippen molar-refractivity contribution in [2.24, 2.45) is 0 Å². The largest absolute Gasteiger partial charge is 0.459 e. The van der Waals surface area contributed by atoms with Crippen LogP contribution in [-0.2, 0) is 6.61 Å². The van der Waals surface area contributed by atoms with Gasteiger partial charge in [-0.25, -0.2) is 9.37 Å². The first kappa shape index (κ1) is 16.7. The zero-order valence-electron chi connectivity index (χ0n) is 14.1. The molecule has 3 aromatic rings. The molecule has 0 aliphatic carbocycles. The first-order valence-electron chi connectivity index (χ1n) is 7.90. The molecular weight excluding hydrogens is 319 g/mol. The number of nitrogens with one attached hydrogen (secondary N) is 2. The topological polar surface area (TPSA) is 59.1 Å². The summed E-state index contributed by atoms with van der Waals surface area (Å²) in [7, 11) is 0. The molecule has 128 valence electrons. The molecule has 0 bridgehead atoms. The fourth-order valence-electron chi connectivity index (χ4n) is 2.23. The zero-order valence-corrected chi connectivity index (χ0v) is 14.1. The van der Waals surface area contributed by atoms with Crippen LogP contribution in [0, 0.1) is 19.7 Å². The van der Waals surface area contributed by atoms with Crippen molar-refractivity contribution in [3.63, 3.8) is 0 Å². The monoisotopic (exact) mass is 338 g/mol. The second-order valence-electron chi connectivity index (χ2n) is 5.69. The maximum absolute atomic E-state index is 13.9. The number of rotatable bonds is 6. The Hall–Kier alpha value is -3.15. The number of nitrogens with zero attached hydrogens (tertiary/aromatic N) is 2. The molecule has 0 radical (unpaired) electrons. The van der Waals surface area contributed by atoms with Gasteiger partial charge in [-0.2, -0.15) is 4.98 Å². The number of anilines is 2. The van der Waals surface area contributed by atoms with Crippen LogP contribution in [-0.4, -0.2) is 9.97 Å². The van der Waals surface area contributed by atoms with Crippen LogP contribution in [0.25, 0.3) is 0 Å². The molecule has 0 fully saturated rings. The molecule has 3 rings (SSSR count). The van der Waals surface area contributed by atoms with Crippen LogP contribution in [0.2, 0.25) is 0 Å². The number of hydrogen-bond acceptors (Lipinski definition) is 5. The van der Waals surface area contributed by atoms with Crippen molar-refractivity contribution in [3.8, 4) is 6.01 Å². The summed E-state index contributed by atoms with van der Waals surface area (Å²) >= 11 is 0. The first-order chi connectivity index (χ1) is 12.1. The molecule has 2 aromatic carbocycles. The van der Waals surface area contributed by atoms with Gasteiger partial charge in [-0.05, 0) is 36.6 Å². The number of hydrogen-bond donors (Lipinski definition) is 2. The van der Waals surface area contributed by atoms with Gasteiger partial charge in [-0.3, -0.25) is 10.9 Å². The molecule has 0 spiro atoms. The summed E-state index contributed by atoms with van der Waals surface area (Å²) in [5.74, 6) is -0.538. The summed E-state index contributed by atoms with van der Waals surface area (Å²) < 4.78 is 19.5. The Kier molecular flexibility index (Phi) is 5.09. The number of benzene rings is 2. The summed E-state index contributed by atoms with van der Waals surface area (Å²) in [6, 6.07) is 15.7. The highest BCUT2D eigenvalue weighted by atomic mass is 19.1. The third-order valence-electron chi connectivity index (χ3n) is 3.64. The average molecular weight is 338 g/mol. The van der Waals surface area contributed by atoms with Gasteiger partial charge in [-0.15, -0.1) is 0 Å². The lowest BCUT2D eigenvalue weighted by Crippen LogP contribution is -2.13. The fraction of sp³-hybridized carbons (Fsp3) is 0.158. The van der Waals surface area contributed by atoms with E-state index in [1.165, 1.54) is 0 Å². The van der Waals surface area contributed by atoms with Crippen LogP contribution in [0.3, 0.4) is 0 Å². The van der Waals surface area contributed by atoms with Crippen molar-refractivity contribution < 1.29 is 9.13 Å². The van der Waals surface area contributed by atoms with Crippen LogP contribution in [0.1, 0.15) is 16.7 Å². The third kappa shape index (κ3) is 4.44. The molecule has 1 heterocycles. The fourth-order valence-corrected chi connectivity index (χ4v) is 2.23. The molecule has 0 atom stereocenters. The summed E-state index contributed by atoms with van der Waals surface area (Å²) in [6.45, 7) is 4.27. The van der Waals surface area contributed by atoms with Crippen LogP contribution < -0.4 is 15.6 Å². The molecule has 0 saturated heterocycles. The van der Waals surface area contributed by atoms with Gasteiger partial charge in [0.15, 0.2) is 11.6 Å². The van der Waals surface area contributed by atoms with E-state index < -0.39 is 5.82 Å². The Morgan fingerprint density at radius 1 is 1.04 bits per heavy atom. The predicted octanol–water partition coefficient (Wildman–Crippen LogP) is 4.25. The molecule has 6 heteroatoms. The van der Waals surface area contributed by atoms with E-state index in [0.29, 0.717) is 6.61 Å². The standard InChI is InChI=1S/C19H19FN4O/c1-13-8-9-14(2)17(10-13)23-24-18-16(20)11-21-19(22-18)25-12-15-6-4-3-5-7-15/h3-11,23H,12H2,1-2H3,(H,21,22,24). The summed E-state index contributed by atoms with van der Waals surface area (Å²) in [5, 5.41) is 0. The van der Waals surface area contributed by atoms with Gasteiger partial charge < -0.3 is 4.74 Å². The average Bonchev–Trinajstić information content (AvgIpc) is 2.63. The Bertz CT molecular complexity index is 855. The van der Waals surface area contributed by atoms with Crippen molar-refractivity contribution in [1.82, 2.24) is 9.97 Å². The highest BCUT2D eigenvalue weighted by molar-refractivity contribution is 5.56. The molecule has 1 aromatic heterocycles. The third-order valence-corrected chi connectivity index (χ3v) is 3.64. The molecule has 0 aliphatic rings. The van der Waals surface area contributed by atoms with Gasteiger partial charge in [0.1, 0.15) is 6.61 Å². The van der Waals surface area contributed by atoms with Gasteiger partial charge in [0, 0.05) is 0 Å². The minimum absolute atomic E-state index is 0.0268. The first-order valence-corrected chi connectivity index (χ1v) is 7.90. The number of aromatic nitrogens is 2. The van der Waals surface area contributed by atoms with Crippen molar-refractivity contribution >= 4 is 11.5 Å². The normalized spacial score (nSPS) is 10.4. The maximum atomic E-state index is 13.9. The highest BCUT2D eigenvalue weighted by Crippen LogP contribution is 2.18. The van der Waals surface area contributed by atoms with Gasteiger partial charge in [-0.1, -0.05) is 42.5 Å². The molecular formula is C19H19FN4O. The van der Waals surface area contributed by atoms with Crippen LogP contribution in [0.15, 0.2) is 54.7 Å². The van der Waals surface area contributed by atoms with Crippen LogP contribution in [0.4, 0.5) is 15.9 Å². The van der Waals surface area contributed by atoms with E-state index in [2.05, 4.69) is 20.8 Å². The van der Waals surface area contributed by atoms with E-state index >= 15 is 0 Å². The summed E-state index contributed by atoms with van der Waals surface area (Å²) in [5.41, 5.74) is 9.73. The van der Waals surface area contributed by atoms with Crippen molar-refractivity contribution in [2.45, 2.75) is 20.5 Å². The Labute approximate surface area is 145 Å². The SMILES string of the molecule is Cc1ccc(C)c(NNc2nc(OCc3ccccc3)ncc2F)c1. The number of aryl methyl sites for hydroxylation is 2. The van der Waals surface area contributed by atoms with Gasteiger partial charge in [0.05, 0.1) is 11.9 Å². The summed E-state index contributed by atoms with van der Waals surface area (Å²) in [4.78, 5) is 7.94. The minimum atomic E-state index is -0.565. The molecule has 0 unspecified atom stereocenters. The molecule has 0 aliphatic heterocycles. The van der Waals surface area contributed by atoms with Crippen molar-refractivity contribution in [3.05, 3.63) is 77.2 Å². The molecule has 2 N–H and O–H groups in total. The number of hydrazine groups is 1. The predicted molar refractivity (Wildman–Crippen MR) is 95.9 cm³/mol. The van der Waals surface area contributed by atoms with Gasteiger partial charge >= 0.3 is 6.01 Å². The Balaban J connectivity index is 1.68. The van der Waals surface area contributed by atoms with E-state index in [-0.39, 0.29) is 11.8 Å². The van der Waals surface area contributed by atoms with Crippen molar-refractivity contribution in [2.75, 3.05) is 10.9 Å². The molecule has 5 nitrogen and oxygen atoms in total. The van der Waals surface area contributed by atoms with E-state index in [1.54, 1.807) is 0 Å². The Morgan fingerprint density at radius 2 is 1.84 bits per heavy atom. The number of ether oxygens (including phenoxy) is 1. The van der Waals surface area contributed by atoms with E-state index in [4.69, 9.17) is 4.74 Å². The Morgan fingerprint density at radius 3 is 2.64 bits per heavy atom. The molecule has 0 saturated carbocycles. The van der Waals surface area contributed by atoms with Crippen molar-refractivity contribution in [1.29, 1.82) is 0 Å². The van der Waals surface area contributed by atoms with Gasteiger partial charge in [0.2, 0.25) is 0 Å². The highest BCUT2D eigenvalue weighted by Gasteiger charge is 2.08. The lowest BCUT2D eigenvalue weighted by molar-refractivity contribution is 0.280. The number of halogens is 1. The second-order valence-corrected chi connectivity index (χ2v) is 5.69.